The van der Waals surface area contributed by atoms with Gasteiger partial charge in [-0.25, -0.2) is 14.2 Å². The average molecular weight is 487 g/mol. The molecule has 6 nitrogen and oxygen atoms in total. The third kappa shape index (κ3) is 5.34. The number of esters is 1. The lowest BCUT2D eigenvalue weighted by molar-refractivity contribution is -0.140. The molecule has 2 aromatic carbocycles. The van der Waals surface area contributed by atoms with Gasteiger partial charge in [0, 0.05) is 38.2 Å². The molecule has 2 aromatic rings. The van der Waals surface area contributed by atoms with Gasteiger partial charge in [0.05, 0.1) is 12.3 Å². The predicted octanol–water partition coefficient (Wildman–Crippen LogP) is 4.93. The van der Waals surface area contributed by atoms with E-state index in [0.29, 0.717) is 30.4 Å². The molecule has 2 aliphatic heterocycles. The van der Waals surface area contributed by atoms with Crippen LogP contribution in [0, 0.1) is 23.1 Å². The third-order valence-corrected chi connectivity index (χ3v) is 7.32. The van der Waals surface area contributed by atoms with Crippen LogP contribution >= 0.6 is 0 Å². The van der Waals surface area contributed by atoms with E-state index < -0.39 is 5.97 Å². The van der Waals surface area contributed by atoms with Gasteiger partial charge in [-0.3, -0.25) is 0 Å². The van der Waals surface area contributed by atoms with Crippen molar-refractivity contribution in [2.75, 3.05) is 32.8 Å². The smallest absolute Gasteiger partial charge is 0.349 e. The van der Waals surface area contributed by atoms with Gasteiger partial charge in [0.1, 0.15) is 23.3 Å². The fourth-order valence-corrected chi connectivity index (χ4v) is 5.31. The van der Waals surface area contributed by atoms with Crippen LogP contribution in [0.5, 0.6) is 0 Å². The Morgan fingerprint density at radius 2 is 1.89 bits per heavy atom. The molecular formula is C29H31FN4O2. The summed E-state index contributed by atoms with van der Waals surface area (Å²) in [5.41, 5.74) is 4.03. The summed E-state index contributed by atoms with van der Waals surface area (Å²) in [4.78, 5) is 20.2. The summed E-state index contributed by atoms with van der Waals surface area (Å²) < 4.78 is 19.5. The van der Waals surface area contributed by atoms with Gasteiger partial charge in [-0.2, -0.15) is 5.26 Å². The molecule has 36 heavy (non-hydrogen) atoms. The monoisotopic (exact) mass is 486 g/mol. The van der Waals surface area contributed by atoms with Crippen molar-refractivity contribution < 1.29 is 13.9 Å². The van der Waals surface area contributed by atoms with Crippen LogP contribution in [0.3, 0.4) is 0 Å². The number of nitriles is 1. The molecule has 3 aliphatic rings. The first-order valence-electron chi connectivity index (χ1n) is 12.9. The van der Waals surface area contributed by atoms with Crippen LogP contribution in [0.15, 0.2) is 58.6 Å². The minimum absolute atomic E-state index is 0.0444. The van der Waals surface area contributed by atoms with Crippen LogP contribution in [-0.2, 0) is 16.0 Å². The summed E-state index contributed by atoms with van der Waals surface area (Å²) in [6.45, 7) is 3.44. The van der Waals surface area contributed by atoms with Crippen molar-refractivity contribution in [3.8, 4) is 17.2 Å². The molecule has 2 heterocycles. The molecule has 186 valence electrons. The summed E-state index contributed by atoms with van der Waals surface area (Å²) >= 11 is 0. The molecule has 0 atom stereocenters. The number of hydrogen-bond donors (Lipinski definition) is 1. The van der Waals surface area contributed by atoms with Gasteiger partial charge in [-0.15, -0.1) is 0 Å². The SMILES string of the molecule is N#C/C(C(=O)OCC1CCCCC1)=C1/Cc2ccc(-c3cccc(F)c3)cc2N=C1N1CCNCC1. The number of rotatable bonds is 4. The Kier molecular flexibility index (Phi) is 7.43. The average Bonchev–Trinajstić information content (AvgIpc) is 2.92. The molecule has 2 fully saturated rings. The number of hydrogen-bond acceptors (Lipinski definition) is 6. The van der Waals surface area contributed by atoms with Crippen molar-refractivity contribution in [3.63, 3.8) is 0 Å². The fraction of sp³-hybridized carbons (Fsp3) is 0.414. The van der Waals surface area contributed by atoms with Gasteiger partial charge < -0.3 is 15.0 Å². The van der Waals surface area contributed by atoms with E-state index in [4.69, 9.17) is 9.73 Å². The number of nitrogens with zero attached hydrogens (tertiary/aromatic N) is 3. The Labute approximate surface area is 211 Å². The molecule has 1 N–H and O–H groups in total. The zero-order chi connectivity index (χ0) is 24.9. The van der Waals surface area contributed by atoms with Crippen LogP contribution in [0.1, 0.15) is 37.7 Å². The van der Waals surface area contributed by atoms with E-state index in [1.807, 2.05) is 24.3 Å². The molecule has 7 heteroatoms. The Balaban J connectivity index is 1.48. The van der Waals surface area contributed by atoms with Crippen LogP contribution in [-0.4, -0.2) is 49.5 Å². The molecule has 0 aromatic heterocycles. The largest absolute Gasteiger partial charge is 0.461 e. The zero-order valence-electron chi connectivity index (χ0n) is 20.4. The summed E-state index contributed by atoms with van der Waals surface area (Å²) in [6.07, 6.45) is 6.14. The van der Waals surface area contributed by atoms with E-state index in [-0.39, 0.29) is 11.4 Å². The second kappa shape index (κ2) is 11.0. The summed E-state index contributed by atoms with van der Waals surface area (Å²) in [5, 5.41) is 13.4. The highest BCUT2D eigenvalue weighted by Crippen LogP contribution is 2.35. The van der Waals surface area contributed by atoms with Crippen LogP contribution in [0.2, 0.25) is 0 Å². The Morgan fingerprint density at radius 1 is 1.11 bits per heavy atom. The second-order valence-corrected chi connectivity index (χ2v) is 9.77. The minimum Gasteiger partial charge on any atom is -0.461 e. The standard InChI is InChI=1S/C29H31FN4O2/c30-24-8-4-7-21(15-24)22-9-10-23-16-25(28(33-27(23)17-22)34-13-11-32-12-14-34)26(18-31)29(35)36-19-20-5-2-1-3-6-20/h4,7-10,15,17,20,32H,1-3,5-6,11-14,16,19H2/b26-25+. The van der Waals surface area contributed by atoms with Crippen molar-refractivity contribution in [2.24, 2.45) is 10.9 Å². The maximum Gasteiger partial charge on any atom is 0.349 e. The molecule has 0 unspecified atom stereocenters. The van der Waals surface area contributed by atoms with Crippen LogP contribution in [0.4, 0.5) is 10.1 Å². The Bertz CT molecular complexity index is 1230. The minimum atomic E-state index is -0.555. The zero-order valence-corrected chi connectivity index (χ0v) is 20.4. The number of aliphatic imine (C=N–C) groups is 1. The number of amidine groups is 1. The Hall–Kier alpha value is -3.50. The molecular weight excluding hydrogens is 455 g/mol. The lowest BCUT2D eigenvalue weighted by Crippen LogP contribution is -2.47. The molecule has 1 aliphatic carbocycles. The van der Waals surface area contributed by atoms with Crippen molar-refractivity contribution in [2.45, 2.75) is 38.5 Å². The van der Waals surface area contributed by atoms with Crippen molar-refractivity contribution in [1.29, 1.82) is 5.26 Å². The van der Waals surface area contributed by atoms with E-state index in [1.165, 1.54) is 31.4 Å². The summed E-state index contributed by atoms with van der Waals surface area (Å²) in [6, 6.07) is 14.5. The molecule has 0 radical (unpaired) electrons. The van der Waals surface area contributed by atoms with Crippen molar-refractivity contribution >= 4 is 17.5 Å². The molecule has 0 amide bonds. The number of fused-ring (bicyclic) bond motifs is 1. The molecule has 5 rings (SSSR count). The lowest BCUT2D eigenvalue weighted by atomic mass is 9.90. The van der Waals surface area contributed by atoms with E-state index in [0.717, 1.165) is 61.4 Å². The predicted molar refractivity (Wildman–Crippen MR) is 137 cm³/mol. The van der Waals surface area contributed by atoms with E-state index in [9.17, 15) is 14.4 Å². The molecule has 1 saturated heterocycles. The number of nitrogens with one attached hydrogen (secondary N) is 1. The van der Waals surface area contributed by atoms with Crippen LogP contribution < -0.4 is 5.32 Å². The van der Waals surface area contributed by atoms with Crippen LogP contribution in [0.25, 0.3) is 11.1 Å². The number of carbonyl (C=O) groups is 1. The maximum absolute atomic E-state index is 13.8. The molecule has 0 bridgehead atoms. The van der Waals surface area contributed by atoms with Gasteiger partial charge in [0.2, 0.25) is 0 Å². The van der Waals surface area contributed by atoms with Gasteiger partial charge in [-0.05, 0) is 53.6 Å². The Morgan fingerprint density at radius 3 is 2.64 bits per heavy atom. The highest BCUT2D eigenvalue weighted by atomic mass is 19.1. The molecule has 1 saturated carbocycles. The van der Waals surface area contributed by atoms with Gasteiger partial charge in [0.15, 0.2) is 0 Å². The number of benzene rings is 2. The second-order valence-electron chi connectivity index (χ2n) is 9.77. The number of carbonyl (C=O) groups excluding carboxylic acids is 1. The lowest BCUT2D eigenvalue weighted by Gasteiger charge is -2.34. The van der Waals surface area contributed by atoms with E-state index in [1.54, 1.807) is 6.07 Å². The first kappa shape index (κ1) is 24.2. The van der Waals surface area contributed by atoms with E-state index >= 15 is 0 Å². The van der Waals surface area contributed by atoms with Gasteiger partial charge >= 0.3 is 5.97 Å². The normalized spacial score (nSPS) is 19.7. The number of ether oxygens (including phenoxy) is 1. The molecule has 0 spiro atoms. The van der Waals surface area contributed by atoms with E-state index in [2.05, 4.69) is 16.3 Å². The first-order chi connectivity index (χ1) is 17.6. The number of piperazine rings is 1. The third-order valence-electron chi connectivity index (χ3n) is 7.32. The highest BCUT2D eigenvalue weighted by Gasteiger charge is 2.30. The quantitative estimate of drug-likeness (QED) is 0.377. The topological polar surface area (TPSA) is 77.7 Å². The highest BCUT2D eigenvalue weighted by molar-refractivity contribution is 6.10. The maximum atomic E-state index is 13.8. The summed E-state index contributed by atoms with van der Waals surface area (Å²) in [7, 11) is 0. The van der Waals surface area contributed by atoms with Gasteiger partial charge in [-0.1, -0.05) is 43.5 Å². The first-order valence-corrected chi connectivity index (χ1v) is 12.9. The van der Waals surface area contributed by atoms with Gasteiger partial charge in [0.25, 0.3) is 0 Å². The number of halogens is 1. The summed E-state index contributed by atoms with van der Waals surface area (Å²) in [5.74, 6) is 0.195. The van der Waals surface area contributed by atoms with Crippen molar-refractivity contribution in [1.82, 2.24) is 10.2 Å². The fourth-order valence-electron chi connectivity index (χ4n) is 5.31. The van der Waals surface area contributed by atoms with Crippen molar-refractivity contribution in [3.05, 3.63) is 65.0 Å².